The molecule has 1 aromatic rings. The van der Waals surface area contributed by atoms with Gasteiger partial charge in [-0.1, -0.05) is 12.1 Å². The molecule has 0 radical (unpaired) electrons. The Morgan fingerprint density at radius 3 is 2.47 bits per heavy atom. The van der Waals surface area contributed by atoms with E-state index in [4.69, 9.17) is 9.47 Å². The highest BCUT2D eigenvalue weighted by molar-refractivity contribution is 5.77. The lowest BCUT2D eigenvalue weighted by atomic mass is 9.96. The average molecular weight is 448 g/mol. The van der Waals surface area contributed by atoms with Gasteiger partial charge in [-0.2, -0.15) is 0 Å². The third-order valence-electron chi connectivity index (χ3n) is 5.34. The molecule has 1 aliphatic rings. The zero-order chi connectivity index (χ0) is 23.6. The Morgan fingerprint density at radius 2 is 1.81 bits per heavy atom. The number of amides is 3. The van der Waals surface area contributed by atoms with Crippen molar-refractivity contribution in [2.75, 3.05) is 33.3 Å². The molecule has 0 aromatic heterocycles. The van der Waals surface area contributed by atoms with Crippen LogP contribution < -0.4 is 15.4 Å². The summed E-state index contributed by atoms with van der Waals surface area (Å²) in [6.07, 6.45) is 2.59. The summed E-state index contributed by atoms with van der Waals surface area (Å²) in [5.41, 5.74) is 0.521. The van der Waals surface area contributed by atoms with Crippen LogP contribution in [0.2, 0.25) is 0 Å². The monoisotopic (exact) mass is 447 g/mol. The van der Waals surface area contributed by atoms with Crippen LogP contribution in [0.3, 0.4) is 0 Å². The van der Waals surface area contributed by atoms with E-state index in [0.29, 0.717) is 38.4 Å². The van der Waals surface area contributed by atoms with Crippen LogP contribution in [0, 0.1) is 5.92 Å². The standard InChI is InChI=1S/C24H37N3O5/c1-24(2,3)32-23(30)25-13-10-22(29)27-14-11-19(12-15-27)17-26-21(28)9-8-18-6-5-7-20(16-18)31-4/h5-7,16,19H,8-15,17H2,1-4H3,(H,25,30)(H,26,28). The molecule has 0 unspecified atom stereocenters. The zero-order valence-electron chi connectivity index (χ0n) is 19.7. The van der Waals surface area contributed by atoms with Gasteiger partial charge in [0.25, 0.3) is 0 Å². The normalized spacial score (nSPS) is 14.6. The highest BCUT2D eigenvalue weighted by atomic mass is 16.6. The van der Waals surface area contributed by atoms with Crippen molar-refractivity contribution in [1.29, 1.82) is 0 Å². The van der Waals surface area contributed by atoms with Crippen LogP contribution in [0.25, 0.3) is 0 Å². The molecule has 8 nitrogen and oxygen atoms in total. The minimum atomic E-state index is -0.555. The van der Waals surface area contributed by atoms with Crippen LogP contribution in [0.5, 0.6) is 5.75 Å². The van der Waals surface area contributed by atoms with Gasteiger partial charge in [0.05, 0.1) is 7.11 Å². The highest BCUT2D eigenvalue weighted by Gasteiger charge is 2.23. The minimum Gasteiger partial charge on any atom is -0.497 e. The number of aryl methyl sites for hydroxylation is 1. The second kappa shape index (κ2) is 12.3. The first-order valence-electron chi connectivity index (χ1n) is 11.3. The second-order valence-corrected chi connectivity index (χ2v) is 9.16. The fourth-order valence-corrected chi connectivity index (χ4v) is 3.56. The summed E-state index contributed by atoms with van der Waals surface area (Å²) < 4.78 is 10.4. The first-order valence-corrected chi connectivity index (χ1v) is 11.3. The van der Waals surface area contributed by atoms with Gasteiger partial charge in [-0.15, -0.1) is 0 Å². The summed E-state index contributed by atoms with van der Waals surface area (Å²) in [5, 5.41) is 5.64. The van der Waals surface area contributed by atoms with Gasteiger partial charge in [0.2, 0.25) is 11.8 Å². The number of nitrogens with zero attached hydrogens (tertiary/aromatic N) is 1. The number of likely N-dealkylation sites (tertiary alicyclic amines) is 1. The SMILES string of the molecule is COc1cccc(CCC(=O)NCC2CCN(C(=O)CCNC(=O)OC(C)(C)C)CC2)c1. The van der Waals surface area contributed by atoms with Gasteiger partial charge >= 0.3 is 6.09 Å². The third kappa shape index (κ3) is 9.58. The first-order chi connectivity index (χ1) is 15.2. The Morgan fingerprint density at radius 1 is 1.09 bits per heavy atom. The number of hydrogen-bond acceptors (Lipinski definition) is 5. The number of piperidine rings is 1. The maximum Gasteiger partial charge on any atom is 0.407 e. The Hall–Kier alpha value is -2.77. The molecule has 2 N–H and O–H groups in total. The average Bonchev–Trinajstić information content (AvgIpc) is 2.75. The van der Waals surface area contributed by atoms with E-state index < -0.39 is 11.7 Å². The number of benzene rings is 1. The highest BCUT2D eigenvalue weighted by Crippen LogP contribution is 2.17. The third-order valence-corrected chi connectivity index (χ3v) is 5.34. The van der Waals surface area contributed by atoms with E-state index in [1.165, 1.54) is 0 Å². The molecule has 32 heavy (non-hydrogen) atoms. The molecule has 1 aromatic carbocycles. The van der Waals surface area contributed by atoms with Crippen LogP contribution in [0.15, 0.2) is 24.3 Å². The molecule has 3 amide bonds. The van der Waals surface area contributed by atoms with Crippen LogP contribution in [-0.2, 0) is 20.7 Å². The predicted molar refractivity (Wildman–Crippen MR) is 122 cm³/mol. The van der Waals surface area contributed by atoms with Gasteiger partial charge in [0, 0.05) is 39.0 Å². The minimum absolute atomic E-state index is 0.0295. The summed E-state index contributed by atoms with van der Waals surface area (Å²) >= 11 is 0. The Labute approximate surface area is 191 Å². The van der Waals surface area contributed by atoms with Crippen LogP contribution in [-0.4, -0.2) is 61.7 Å². The van der Waals surface area contributed by atoms with Crippen molar-refractivity contribution >= 4 is 17.9 Å². The van der Waals surface area contributed by atoms with Gasteiger partial charge in [0.1, 0.15) is 11.4 Å². The Bertz CT molecular complexity index is 767. The van der Waals surface area contributed by atoms with Crippen molar-refractivity contribution in [3.63, 3.8) is 0 Å². The number of carbonyl (C=O) groups is 3. The quantitative estimate of drug-likeness (QED) is 0.607. The number of hydrogen-bond donors (Lipinski definition) is 2. The molecule has 1 heterocycles. The van der Waals surface area contributed by atoms with Gasteiger partial charge < -0.3 is 25.0 Å². The molecule has 0 aliphatic carbocycles. The van der Waals surface area contributed by atoms with E-state index in [-0.39, 0.29) is 24.8 Å². The molecule has 0 saturated carbocycles. The van der Waals surface area contributed by atoms with E-state index >= 15 is 0 Å². The van der Waals surface area contributed by atoms with Gasteiger partial charge in [-0.3, -0.25) is 9.59 Å². The van der Waals surface area contributed by atoms with E-state index in [1.807, 2.05) is 29.2 Å². The van der Waals surface area contributed by atoms with Gasteiger partial charge in [-0.25, -0.2) is 4.79 Å². The maximum atomic E-state index is 12.4. The summed E-state index contributed by atoms with van der Waals surface area (Å²) in [6.45, 7) is 7.64. The molecule has 8 heteroatoms. The van der Waals surface area contributed by atoms with Crippen LogP contribution in [0.1, 0.15) is 52.0 Å². The molecule has 1 fully saturated rings. The maximum absolute atomic E-state index is 12.4. The van der Waals surface area contributed by atoms with Crippen molar-refractivity contribution in [2.24, 2.45) is 5.92 Å². The Balaban J connectivity index is 1.59. The van der Waals surface area contributed by atoms with Crippen molar-refractivity contribution in [2.45, 2.75) is 58.5 Å². The molecular formula is C24H37N3O5. The number of alkyl carbamates (subject to hydrolysis) is 1. The van der Waals surface area contributed by atoms with Crippen LogP contribution in [0.4, 0.5) is 4.79 Å². The molecule has 178 valence electrons. The van der Waals surface area contributed by atoms with Crippen molar-refractivity contribution in [3.05, 3.63) is 29.8 Å². The number of rotatable bonds is 9. The fraction of sp³-hybridized carbons (Fsp3) is 0.625. The summed E-state index contributed by atoms with van der Waals surface area (Å²) in [7, 11) is 1.63. The Kier molecular flexibility index (Phi) is 9.81. The van der Waals surface area contributed by atoms with E-state index in [1.54, 1.807) is 27.9 Å². The summed E-state index contributed by atoms with van der Waals surface area (Å²) in [5.74, 6) is 1.24. The van der Waals surface area contributed by atoms with E-state index in [2.05, 4.69) is 10.6 Å². The molecule has 0 spiro atoms. The number of nitrogens with one attached hydrogen (secondary N) is 2. The smallest absolute Gasteiger partial charge is 0.407 e. The van der Waals surface area contributed by atoms with Crippen molar-refractivity contribution in [3.8, 4) is 5.75 Å². The molecule has 0 bridgehead atoms. The second-order valence-electron chi connectivity index (χ2n) is 9.16. The molecular weight excluding hydrogens is 410 g/mol. The fourth-order valence-electron chi connectivity index (χ4n) is 3.56. The van der Waals surface area contributed by atoms with Crippen molar-refractivity contribution < 1.29 is 23.9 Å². The van der Waals surface area contributed by atoms with Crippen molar-refractivity contribution in [1.82, 2.24) is 15.5 Å². The van der Waals surface area contributed by atoms with Crippen LogP contribution >= 0.6 is 0 Å². The topological polar surface area (TPSA) is 97.0 Å². The largest absolute Gasteiger partial charge is 0.497 e. The number of ether oxygens (including phenoxy) is 2. The van der Waals surface area contributed by atoms with Gasteiger partial charge in [0.15, 0.2) is 0 Å². The molecule has 2 rings (SSSR count). The molecule has 1 aliphatic heterocycles. The summed E-state index contributed by atoms with van der Waals surface area (Å²) in [4.78, 5) is 38.0. The molecule has 0 atom stereocenters. The van der Waals surface area contributed by atoms with E-state index in [9.17, 15) is 14.4 Å². The van der Waals surface area contributed by atoms with E-state index in [0.717, 1.165) is 24.2 Å². The number of methoxy groups -OCH3 is 1. The molecule has 1 saturated heterocycles. The first kappa shape index (κ1) is 25.5. The predicted octanol–water partition coefficient (Wildman–Crippen LogP) is 2.90. The zero-order valence-corrected chi connectivity index (χ0v) is 19.7. The lowest BCUT2D eigenvalue weighted by Crippen LogP contribution is -2.42. The lowest BCUT2D eigenvalue weighted by Gasteiger charge is -2.32. The number of carbonyl (C=O) groups excluding carboxylic acids is 3. The summed E-state index contributed by atoms with van der Waals surface area (Å²) in [6, 6.07) is 7.75. The van der Waals surface area contributed by atoms with Gasteiger partial charge in [-0.05, 0) is 63.6 Å². The lowest BCUT2D eigenvalue weighted by molar-refractivity contribution is -0.132.